The maximum atomic E-state index is 12.9. The van der Waals surface area contributed by atoms with Crippen molar-refractivity contribution < 1.29 is 8.42 Å². The van der Waals surface area contributed by atoms with Crippen LogP contribution in [0.2, 0.25) is 0 Å². The van der Waals surface area contributed by atoms with Crippen molar-refractivity contribution in [2.45, 2.75) is 12.7 Å². The van der Waals surface area contributed by atoms with Crippen LogP contribution in [0.25, 0.3) is 11.0 Å². The van der Waals surface area contributed by atoms with Gasteiger partial charge in [0.25, 0.3) is 0 Å². The van der Waals surface area contributed by atoms with Crippen LogP contribution in [-0.2, 0) is 15.8 Å². The lowest BCUT2D eigenvalue weighted by molar-refractivity contribution is 0.452. The third kappa shape index (κ3) is 3.49. The fourth-order valence-corrected chi connectivity index (χ4v) is 6.24. The van der Waals surface area contributed by atoms with Crippen molar-refractivity contribution in [2.24, 2.45) is 11.8 Å². The van der Waals surface area contributed by atoms with Crippen molar-refractivity contribution in [3.8, 4) is 0 Å². The lowest BCUT2D eigenvalue weighted by atomic mass is 10.0. The van der Waals surface area contributed by atoms with E-state index in [9.17, 15) is 8.42 Å². The van der Waals surface area contributed by atoms with E-state index in [-0.39, 0.29) is 5.75 Å². The first-order valence-corrected chi connectivity index (χ1v) is 11.6. The number of hydrogen-bond donors (Lipinski definition) is 0. The summed E-state index contributed by atoms with van der Waals surface area (Å²) in [5, 5.41) is 0. The van der Waals surface area contributed by atoms with Crippen LogP contribution in [0.4, 0.5) is 5.82 Å². The van der Waals surface area contributed by atoms with Crippen LogP contribution in [0.1, 0.15) is 11.3 Å². The fourth-order valence-electron chi connectivity index (χ4n) is 4.60. The molecule has 29 heavy (non-hydrogen) atoms. The fraction of sp³-hybridized carbons (Fsp3) is 0.364. The molecule has 0 saturated carbocycles. The Labute approximate surface area is 171 Å². The van der Waals surface area contributed by atoms with Crippen molar-refractivity contribution in [3.63, 3.8) is 0 Å². The van der Waals surface area contributed by atoms with E-state index >= 15 is 0 Å². The van der Waals surface area contributed by atoms with Gasteiger partial charge in [0.2, 0.25) is 10.0 Å². The monoisotopic (exact) mass is 408 g/mol. The van der Waals surface area contributed by atoms with Gasteiger partial charge in [-0.25, -0.2) is 22.7 Å². The van der Waals surface area contributed by atoms with Crippen LogP contribution >= 0.6 is 0 Å². The molecule has 0 aliphatic carbocycles. The molecule has 5 rings (SSSR count). The highest BCUT2D eigenvalue weighted by Gasteiger charge is 2.44. The predicted molar refractivity (Wildman–Crippen MR) is 114 cm³/mol. The number of fused-ring (bicyclic) bond motifs is 2. The normalized spacial score (nSPS) is 22.3. The van der Waals surface area contributed by atoms with Gasteiger partial charge in [0.15, 0.2) is 5.82 Å². The first-order valence-electron chi connectivity index (χ1n) is 10.00. The molecule has 150 valence electrons. The van der Waals surface area contributed by atoms with Crippen LogP contribution in [0, 0.1) is 18.8 Å². The zero-order valence-corrected chi connectivity index (χ0v) is 17.2. The Hall–Kier alpha value is -2.51. The molecule has 0 spiro atoms. The maximum absolute atomic E-state index is 12.9. The largest absolute Gasteiger partial charge is 0.354 e. The highest BCUT2D eigenvalue weighted by Crippen LogP contribution is 2.36. The van der Waals surface area contributed by atoms with E-state index in [4.69, 9.17) is 9.97 Å². The standard InChI is InChI=1S/C22H24N4O2S/c1-16-22(24-21-10-6-5-9-20(21)23-16)25-11-18-13-26(14-19(18)12-25)29(27,28)15-17-7-3-2-4-8-17/h2-10,18-19H,11-15H2,1H3. The van der Waals surface area contributed by atoms with Crippen LogP contribution in [0.15, 0.2) is 54.6 Å². The van der Waals surface area contributed by atoms with Crippen molar-refractivity contribution in [2.75, 3.05) is 31.1 Å². The van der Waals surface area contributed by atoms with Gasteiger partial charge in [0.1, 0.15) is 0 Å². The lowest BCUT2D eigenvalue weighted by Crippen LogP contribution is -2.34. The van der Waals surface area contributed by atoms with E-state index in [2.05, 4.69) is 4.90 Å². The topological polar surface area (TPSA) is 66.4 Å². The number of para-hydroxylation sites is 2. The van der Waals surface area contributed by atoms with Gasteiger partial charge in [-0.1, -0.05) is 42.5 Å². The van der Waals surface area contributed by atoms with Gasteiger partial charge >= 0.3 is 0 Å². The number of hydrogen-bond acceptors (Lipinski definition) is 5. The molecular formula is C22H24N4O2S. The summed E-state index contributed by atoms with van der Waals surface area (Å²) in [6, 6.07) is 17.3. The summed E-state index contributed by atoms with van der Waals surface area (Å²) in [5.74, 6) is 1.69. The quantitative estimate of drug-likeness (QED) is 0.664. The molecule has 0 amide bonds. The molecule has 3 aromatic rings. The molecule has 2 saturated heterocycles. The first-order chi connectivity index (χ1) is 14.0. The third-order valence-corrected chi connectivity index (χ3v) is 7.84. The van der Waals surface area contributed by atoms with Crippen molar-refractivity contribution >= 4 is 26.9 Å². The molecule has 2 unspecified atom stereocenters. The zero-order valence-electron chi connectivity index (χ0n) is 16.4. The summed E-state index contributed by atoms with van der Waals surface area (Å²) in [6.07, 6.45) is 0. The zero-order chi connectivity index (χ0) is 20.0. The summed E-state index contributed by atoms with van der Waals surface area (Å²) in [6.45, 7) is 4.85. The van der Waals surface area contributed by atoms with Crippen molar-refractivity contribution in [1.29, 1.82) is 0 Å². The number of anilines is 1. The van der Waals surface area contributed by atoms with Crippen LogP contribution in [0.5, 0.6) is 0 Å². The highest BCUT2D eigenvalue weighted by atomic mass is 32.2. The lowest BCUT2D eigenvalue weighted by Gasteiger charge is -2.23. The van der Waals surface area contributed by atoms with Gasteiger partial charge in [0, 0.05) is 26.2 Å². The van der Waals surface area contributed by atoms with Crippen LogP contribution in [0.3, 0.4) is 0 Å². The first kappa shape index (κ1) is 18.5. The Bertz CT molecular complexity index is 1140. The Morgan fingerprint density at radius 2 is 1.45 bits per heavy atom. The van der Waals surface area contributed by atoms with Gasteiger partial charge in [-0.15, -0.1) is 0 Å². The minimum atomic E-state index is -3.29. The molecular weight excluding hydrogens is 384 g/mol. The number of benzene rings is 2. The Morgan fingerprint density at radius 3 is 2.10 bits per heavy atom. The summed E-state index contributed by atoms with van der Waals surface area (Å²) >= 11 is 0. The molecule has 2 aromatic carbocycles. The average molecular weight is 409 g/mol. The van der Waals surface area contributed by atoms with E-state index in [0.717, 1.165) is 41.2 Å². The summed E-state index contributed by atoms with van der Waals surface area (Å²) in [5.41, 5.74) is 3.58. The molecule has 3 heterocycles. The second-order valence-corrected chi connectivity index (χ2v) is 10.1. The van der Waals surface area contributed by atoms with Gasteiger partial charge in [-0.2, -0.15) is 0 Å². The van der Waals surface area contributed by atoms with Crippen molar-refractivity contribution in [3.05, 3.63) is 65.9 Å². The third-order valence-electron chi connectivity index (χ3n) is 6.06. The maximum Gasteiger partial charge on any atom is 0.218 e. The van der Waals surface area contributed by atoms with Gasteiger partial charge in [-0.05, 0) is 36.5 Å². The van der Waals surface area contributed by atoms with Crippen molar-refractivity contribution in [1.82, 2.24) is 14.3 Å². The number of nitrogens with zero attached hydrogens (tertiary/aromatic N) is 4. The molecule has 0 N–H and O–H groups in total. The van der Waals surface area contributed by atoms with E-state index in [1.807, 2.05) is 61.5 Å². The van der Waals surface area contributed by atoms with Gasteiger partial charge in [-0.3, -0.25) is 0 Å². The number of aromatic nitrogens is 2. The second kappa shape index (κ2) is 7.07. The summed E-state index contributed by atoms with van der Waals surface area (Å²) in [4.78, 5) is 11.8. The predicted octanol–water partition coefficient (Wildman–Crippen LogP) is 2.84. The molecule has 0 radical (unpaired) electrons. The van der Waals surface area contributed by atoms with Crippen LogP contribution in [-0.4, -0.2) is 48.9 Å². The molecule has 6 nitrogen and oxygen atoms in total. The minimum Gasteiger partial charge on any atom is -0.354 e. The smallest absolute Gasteiger partial charge is 0.218 e. The molecule has 2 aliphatic rings. The average Bonchev–Trinajstić information content (AvgIpc) is 3.28. The SMILES string of the molecule is Cc1nc2ccccc2nc1N1CC2CN(S(=O)(=O)Cc3ccccc3)CC2C1. The molecule has 2 fully saturated rings. The molecule has 7 heteroatoms. The van der Waals surface area contributed by atoms with E-state index < -0.39 is 10.0 Å². The number of aryl methyl sites for hydroxylation is 1. The minimum absolute atomic E-state index is 0.0756. The molecule has 2 atom stereocenters. The van der Waals surface area contributed by atoms with E-state index in [1.165, 1.54) is 0 Å². The summed E-state index contributed by atoms with van der Waals surface area (Å²) in [7, 11) is -3.29. The Morgan fingerprint density at radius 1 is 0.862 bits per heavy atom. The molecule has 1 aromatic heterocycles. The molecule has 0 bridgehead atoms. The highest BCUT2D eigenvalue weighted by molar-refractivity contribution is 7.88. The number of sulfonamides is 1. The van der Waals surface area contributed by atoms with E-state index in [1.54, 1.807) is 4.31 Å². The Balaban J connectivity index is 1.31. The van der Waals surface area contributed by atoms with Gasteiger partial charge in [0.05, 0.1) is 22.5 Å². The summed E-state index contributed by atoms with van der Waals surface area (Å²) < 4.78 is 27.4. The van der Waals surface area contributed by atoms with E-state index in [0.29, 0.717) is 24.9 Å². The van der Waals surface area contributed by atoms with Gasteiger partial charge < -0.3 is 4.90 Å². The molecule has 2 aliphatic heterocycles. The Kier molecular flexibility index (Phi) is 4.52. The van der Waals surface area contributed by atoms with Crippen LogP contribution < -0.4 is 4.90 Å². The number of rotatable bonds is 4. The second-order valence-electron chi connectivity index (χ2n) is 8.11.